The Hall–Kier alpha value is 0.120. The third-order valence-corrected chi connectivity index (χ3v) is 3.16. The van der Waals surface area contributed by atoms with E-state index in [4.69, 9.17) is 9.47 Å². The third-order valence-electron chi connectivity index (χ3n) is 1.85. The molecule has 1 unspecified atom stereocenters. The lowest BCUT2D eigenvalue weighted by Gasteiger charge is -2.14. The third kappa shape index (κ3) is 3.07. The van der Waals surface area contributed by atoms with E-state index in [2.05, 4.69) is 0 Å². The number of hydrogen-bond donors (Lipinski definition) is 1. The van der Waals surface area contributed by atoms with Crippen molar-refractivity contribution in [2.24, 2.45) is 0 Å². The van der Waals surface area contributed by atoms with Crippen LogP contribution in [-0.2, 0) is 14.3 Å². The van der Waals surface area contributed by atoms with Crippen LogP contribution in [0.25, 0.3) is 0 Å². The number of carbonyl (C=O) groups excluding carboxylic acids is 1. The van der Waals surface area contributed by atoms with Gasteiger partial charge in [-0.15, -0.1) is 0 Å². The van der Waals surface area contributed by atoms with Crippen molar-refractivity contribution in [3.05, 3.63) is 0 Å². The fourth-order valence-corrected chi connectivity index (χ4v) is 1.90. The SMILES string of the molecule is CCOC(=O)[C@H](I)C1C[C@H](O)CO1. The normalized spacial score (nSPS) is 30.1. The molecule has 0 aliphatic carbocycles. The molecule has 1 heterocycles. The first kappa shape index (κ1) is 11.2. The minimum atomic E-state index is -0.434. The Kier molecular flexibility index (Phi) is 4.40. The molecule has 0 amide bonds. The summed E-state index contributed by atoms with van der Waals surface area (Å²) in [6.07, 6.45) is -0.113. The monoisotopic (exact) mass is 300 g/mol. The fraction of sp³-hybridized carbons (Fsp3) is 0.875. The van der Waals surface area contributed by atoms with Crippen LogP contribution in [0.5, 0.6) is 0 Å². The van der Waals surface area contributed by atoms with E-state index in [1.807, 2.05) is 22.6 Å². The summed E-state index contributed by atoms with van der Waals surface area (Å²) in [5.41, 5.74) is 0. The number of carbonyl (C=O) groups is 1. The van der Waals surface area contributed by atoms with Crippen LogP contribution in [0.15, 0.2) is 0 Å². The lowest BCUT2D eigenvalue weighted by molar-refractivity contribution is -0.144. The van der Waals surface area contributed by atoms with Crippen molar-refractivity contribution in [3.63, 3.8) is 0 Å². The Morgan fingerprint density at radius 2 is 2.54 bits per heavy atom. The zero-order valence-corrected chi connectivity index (χ0v) is 9.56. The van der Waals surface area contributed by atoms with Crippen LogP contribution in [0, 0.1) is 0 Å². The van der Waals surface area contributed by atoms with Gasteiger partial charge in [-0.3, -0.25) is 4.79 Å². The molecule has 0 aromatic carbocycles. The van der Waals surface area contributed by atoms with Gasteiger partial charge in [0.15, 0.2) is 0 Å². The van der Waals surface area contributed by atoms with Gasteiger partial charge < -0.3 is 14.6 Å². The van der Waals surface area contributed by atoms with Crippen LogP contribution in [0.1, 0.15) is 13.3 Å². The second kappa shape index (κ2) is 5.11. The molecule has 0 saturated carbocycles. The Balaban J connectivity index is 2.38. The lowest BCUT2D eigenvalue weighted by Crippen LogP contribution is -2.30. The summed E-state index contributed by atoms with van der Waals surface area (Å²) in [6.45, 7) is 2.47. The second-order valence-electron chi connectivity index (χ2n) is 2.92. The molecule has 0 aromatic heterocycles. The molecule has 0 bridgehead atoms. The number of alkyl halides is 1. The van der Waals surface area contributed by atoms with E-state index < -0.39 is 6.10 Å². The van der Waals surface area contributed by atoms with Crippen LogP contribution in [0.2, 0.25) is 0 Å². The van der Waals surface area contributed by atoms with Crippen LogP contribution < -0.4 is 0 Å². The summed E-state index contributed by atoms with van der Waals surface area (Å²) in [7, 11) is 0. The van der Waals surface area contributed by atoms with Crippen LogP contribution in [0.3, 0.4) is 0 Å². The van der Waals surface area contributed by atoms with Crippen molar-refractivity contribution >= 4 is 28.6 Å². The summed E-state index contributed by atoms with van der Waals surface area (Å²) in [4.78, 5) is 11.2. The maximum absolute atomic E-state index is 11.2. The van der Waals surface area contributed by atoms with Crippen molar-refractivity contribution in [1.82, 2.24) is 0 Å². The largest absolute Gasteiger partial charge is 0.465 e. The number of aliphatic hydroxyl groups excluding tert-OH is 1. The average Bonchev–Trinajstić information content (AvgIpc) is 2.51. The minimum absolute atomic E-state index is 0.199. The smallest absolute Gasteiger partial charge is 0.321 e. The van der Waals surface area contributed by atoms with Crippen molar-refractivity contribution < 1.29 is 19.4 Å². The quantitative estimate of drug-likeness (QED) is 0.468. The van der Waals surface area contributed by atoms with E-state index in [-0.39, 0.29) is 16.0 Å². The highest BCUT2D eigenvalue weighted by molar-refractivity contribution is 14.1. The van der Waals surface area contributed by atoms with Crippen LogP contribution in [0.4, 0.5) is 0 Å². The molecule has 1 aliphatic heterocycles. The molecule has 13 heavy (non-hydrogen) atoms. The van der Waals surface area contributed by atoms with Gasteiger partial charge in [-0.2, -0.15) is 0 Å². The van der Waals surface area contributed by atoms with E-state index in [1.165, 1.54) is 0 Å². The molecule has 0 aromatic rings. The molecule has 1 N–H and O–H groups in total. The number of hydrogen-bond acceptors (Lipinski definition) is 4. The molecule has 1 fully saturated rings. The van der Waals surface area contributed by atoms with Gasteiger partial charge >= 0.3 is 5.97 Å². The standard InChI is InChI=1S/C8H13IO4/c1-2-12-8(11)7(9)6-3-5(10)4-13-6/h5-7,10H,2-4H2,1H3/t5-,6?,7+/m0/s1. The first-order chi connectivity index (χ1) is 6.15. The van der Waals surface area contributed by atoms with Crippen molar-refractivity contribution in [1.29, 1.82) is 0 Å². The average molecular weight is 300 g/mol. The molecular weight excluding hydrogens is 287 g/mol. The summed E-state index contributed by atoms with van der Waals surface area (Å²) < 4.78 is 9.77. The number of halogens is 1. The van der Waals surface area contributed by atoms with Gasteiger partial charge in [-0.1, -0.05) is 22.6 Å². The maximum Gasteiger partial charge on any atom is 0.321 e. The van der Waals surface area contributed by atoms with Gasteiger partial charge in [0.05, 0.1) is 25.4 Å². The Morgan fingerprint density at radius 1 is 1.85 bits per heavy atom. The second-order valence-corrected chi connectivity index (χ2v) is 4.26. The predicted molar refractivity (Wildman–Crippen MR) is 54.8 cm³/mol. The fourth-order valence-electron chi connectivity index (χ4n) is 1.22. The van der Waals surface area contributed by atoms with Crippen molar-refractivity contribution in [2.45, 2.75) is 29.5 Å². The Morgan fingerprint density at radius 3 is 3.00 bits per heavy atom. The Labute approximate surface area is 90.7 Å². The molecule has 0 radical (unpaired) electrons. The molecule has 76 valence electrons. The summed E-state index contributed by atoms with van der Waals surface area (Å²) >= 11 is 1.99. The highest BCUT2D eigenvalue weighted by atomic mass is 127. The highest BCUT2D eigenvalue weighted by Crippen LogP contribution is 2.22. The van der Waals surface area contributed by atoms with E-state index in [9.17, 15) is 9.90 Å². The molecule has 0 spiro atoms. The molecule has 4 nitrogen and oxygen atoms in total. The molecule has 5 heteroatoms. The van der Waals surface area contributed by atoms with Crippen molar-refractivity contribution in [2.75, 3.05) is 13.2 Å². The van der Waals surface area contributed by atoms with Gasteiger partial charge in [-0.05, 0) is 6.92 Å². The van der Waals surface area contributed by atoms with Crippen molar-refractivity contribution in [3.8, 4) is 0 Å². The Bertz CT molecular complexity index is 185. The van der Waals surface area contributed by atoms with Gasteiger partial charge in [0.25, 0.3) is 0 Å². The van der Waals surface area contributed by atoms with Crippen LogP contribution >= 0.6 is 22.6 Å². The van der Waals surface area contributed by atoms with Crippen LogP contribution in [-0.4, -0.2) is 40.4 Å². The number of esters is 1. The van der Waals surface area contributed by atoms with Gasteiger partial charge in [0, 0.05) is 6.42 Å². The first-order valence-corrected chi connectivity index (χ1v) is 5.50. The summed E-state index contributed by atoms with van der Waals surface area (Å²) in [5.74, 6) is -0.262. The number of ether oxygens (including phenoxy) is 2. The zero-order chi connectivity index (χ0) is 9.84. The molecule has 1 saturated heterocycles. The molecule has 1 aliphatic rings. The van der Waals surface area contributed by atoms with E-state index >= 15 is 0 Å². The molecular formula is C8H13IO4. The molecule has 1 rings (SSSR count). The number of aliphatic hydroxyl groups is 1. The van der Waals surface area contributed by atoms with Gasteiger partial charge in [-0.25, -0.2) is 0 Å². The lowest BCUT2D eigenvalue weighted by atomic mass is 10.1. The maximum atomic E-state index is 11.2. The highest BCUT2D eigenvalue weighted by Gasteiger charge is 2.34. The van der Waals surface area contributed by atoms with E-state index in [0.29, 0.717) is 19.6 Å². The van der Waals surface area contributed by atoms with E-state index in [0.717, 1.165) is 0 Å². The topological polar surface area (TPSA) is 55.8 Å². The molecule has 3 atom stereocenters. The zero-order valence-electron chi connectivity index (χ0n) is 7.40. The summed E-state index contributed by atoms with van der Waals surface area (Å²) in [5, 5.41) is 9.18. The first-order valence-electron chi connectivity index (χ1n) is 4.25. The minimum Gasteiger partial charge on any atom is -0.465 e. The number of rotatable bonds is 3. The summed E-state index contributed by atoms with van der Waals surface area (Å²) in [6, 6.07) is 0. The van der Waals surface area contributed by atoms with Gasteiger partial charge in [0.2, 0.25) is 0 Å². The van der Waals surface area contributed by atoms with Gasteiger partial charge in [0.1, 0.15) is 3.92 Å². The predicted octanol–water partition coefficient (Wildman–Crippen LogP) is 0.503. The van der Waals surface area contributed by atoms with E-state index in [1.54, 1.807) is 6.92 Å².